The fourth-order valence-corrected chi connectivity index (χ4v) is 6.66. The first-order valence-corrected chi connectivity index (χ1v) is 13.4. The van der Waals surface area contributed by atoms with Crippen LogP contribution < -0.4 is 0 Å². The lowest BCUT2D eigenvalue weighted by atomic mass is 9.97. The lowest BCUT2D eigenvalue weighted by molar-refractivity contribution is 1.18. The van der Waals surface area contributed by atoms with Crippen molar-refractivity contribution in [3.05, 3.63) is 134 Å². The van der Waals surface area contributed by atoms with Crippen molar-refractivity contribution in [1.82, 2.24) is 9.55 Å². The highest BCUT2D eigenvalue weighted by atomic mass is 15.0. The van der Waals surface area contributed by atoms with Gasteiger partial charge in [0.2, 0.25) is 0 Å². The van der Waals surface area contributed by atoms with Crippen LogP contribution in [-0.4, -0.2) is 9.55 Å². The molecule has 8 aromatic rings. The topological polar surface area (TPSA) is 17.8 Å². The van der Waals surface area contributed by atoms with Gasteiger partial charge in [-0.1, -0.05) is 91.0 Å². The summed E-state index contributed by atoms with van der Waals surface area (Å²) in [4.78, 5) is 4.47. The van der Waals surface area contributed by atoms with Gasteiger partial charge in [0, 0.05) is 34.2 Å². The zero-order chi connectivity index (χ0) is 25.5. The number of rotatable bonds is 2. The van der Waals surface area contributed by atoms with Gasteiger partial charge in [-0.3, -0.25) is 4.98 Å². The first kappa shape index (κ1) is 20.8. The van der Waals surface area contributed by atoms with E-state index in [2.05, 4.69) is 131 Å². The van der Waals surface area contributed by atoms with Crippen LogP contribution in [0.3, 0.4) is 0 Å². The van der Waals surface area contributed by atoms with E-state index in [9.17, 15) is 0 Å². The minimum absolute atomic E-state index is 1.15. The summed E-state index contributed by atoms with van der Waals surface area (Å²) < 4.78 is 2.39. The van der Waals surface area contributed by atoms with Gasteiger partial charge in [0.05, 0.1) is 11.0 Å². The van der Waals surface area contributed by atoms with Crippen LogP contribution in [0.2, 0.25) is 0 Å². The average molecular weight is 495 g/mol. The minimum atomic E-state index is 1.15. The van der Waals surface area contributed by atoms with Crippen LogP contribution in [-0.2, 0) is 0 Å². The number of hydrogen-bond acceptors (Lipinski definition) is 1. The van der Waals surface area contributed by atoms with Crippen LogP contribution >= 0.6 is 0 Å². The maximum Gasteiger partial charge on any atom is 0.0634 e. The van der Waals surface area contributed by atoms with Gasteiger partial charge in [-0.25, -0.2) is 0 Å². The smallest absolute Gasteiger partial charge is 0.0634 e. The van der Waals surface area contributed by atoms with Crippen LogP contribution in [0.1, 0.15) is 0 Å². The van der Waals surface area contributed by atoms with E-state index in [-0.39, 0.29) is 0 Å². The first-order valence-electron chi connectivity index (χ1n) is 13.4. The van der Waals surface area contributed by atoms with Crippen molar-refractivity contribution in [3.8, 4) is 39.1 Å². The number of benzene rings is 6. The molecule has 0 fully saturated rings. The number of aromatic nitrogens is 2. The molecular formula is C37H22N2. The van der Waals surface area contributed by atoms with Crippen molar-refractivity contribution in [3.63, 3.8) is 0 Å². The Kier molecular flexibility index (Phi) is 4.08. The molecule has 2 heteroatoms. The molecule has 0 radical (unpaired) electrons. The van der Waals surface area contributed by atoms with Crippen LogP contribution in [0.25, 0.3) is 82.4 Å². The molecule has 6 aromatic carbocycles. The molecule has 2 aromatic heterocycles. The van der Waals surface area contributed by atoms with Gasteiger partial charge in [-0.05, 0) is 79.9 Å². The number of hydrogen-bond donors (Lipinski definition) is 0. The molecular weight excluding hydrogens is 472 g/mol. The Morgan fingerprint density at radius 2 is 1.28 bits per heavy atom. The Labute approximate surface area is 225 Å². The normalized spacial score (nSPS) is 12.1. The van der Waals surface area contributed by atoms with E-state index >= 15 is 0 Å². The predicted octanol–water partition coefficient (Wildman–Crippen LogP) is 9.80. The van der Waals surface area contributed by atoms with Gasteiger partial charge >= 0.3 is 0 Å². The van der Waals surface area contributed by atoms with E-state index in [4.69, 9.17) is 0 Å². The molecule has 180 valence electrons. The van der Waals surface area contributed by atoms with Gasteiger partial charge in [-0.2, -0.15) is 0 Å². The third-order valence-electron chi connectivity index (χ3n) is 8.42. The standard InChI is InChI=1S/C37H22N2/c1-2-10-35-29(7-1)32-18-13-24-19-20-38-22-34(24)37(32)39(35)27-15-11-23(12-16-27)26-14-17-28-30-8-3-5-25-6-4-9-31(36(25)30)33(28)21-26/h1-22H. The molecule has 2 nitrogen and oxygen atoms in total. The van der Waals surface area contributed by atoms with E-state index in [0.29, 0.717) is 0 Å². The molecule has 1 aliphatic carbocycles. The fraction of sp³-hybridized carbons (Fsp3) is 0. The number of para-hydroxylation sites is 1. The average Bonchev–Trinajstić information content (AvgIpc) is 3.52. The van der Waals surface area contributed by atoms with Crippen molar-refractivity contribution in [1.29, 1.82) is 0 Å². The summed E-state index contributed by atoms with van der Waals surface area (Å²) in [6.07, 6.45) is 3.86. The van der Waals surface area contributed by atoms with Gasteiger partial charge in [-0.15, -0.1) is 0 Å². The van der Waals surface area contributed by atoms with E-state index in [1.807, 2.05) is 12.4 Å². The molecule has 0 aliphatic heterocycles. The highest BCUT2D eigenvalue weighted by Gasteiger charge is 2.21. The van der Waals surface area contributed by atoms with Crippen LogP contribution in [0.15, 0.2) is 134 Å². The molecule has 0 saturated heterocycles. The third kappa shape index (κ3) is 2.83. The third-order valence-corrected chi connectivity index (χ3v) is 8.42. The summed E-state index contributed by atoms with van der Waals surface area (Å²) in [6.45, 7) is 0. The largest absolute Gasteiger partial charge is 0.309 e. The van der Waals surface area contributed by atoms with E-state index in [1.165, 1.54) is 76.7 Å². The first-order chi connectivity index (χ1) is 19.3. The van der Waals surface area contributed by atoms with Crippen LogP contribution in [0, 0.1) is 0 Å². The Balaban J connectivity index is 1.21. The summed E-state index contributed by atoms with van der Waals surface area (Å²) in [7, 11) is 0. The highest BCUT2D eigenvalue weighted by molar-refractivity contribution is 6.18. The lowest BCUT2D eigenvalue weighted by Gasteiger charge is -2.12. The molecule has 0 unspecified atom stereocenters. The van der Waals surface area contributed by atoms with Crippen molar-refractivity contribution >= 4 is 43.4 Å². The Hall–Kier alpha value is -5.21. The Morgan fingerprint density at radius 1 is 0.487 bits per heavy atom. The number of nitrogens with zero attached hydrogens (tertiary/aromatic N) is 2. The minimum Gasteiger partial charge on any atom is -0.309 e. The summed E-state index contributed by atoms with van der Waals surface area (Å²) in [5.74, 6) is 0. The van der Waals surface area contributed by atoms with Gasteiger partial charge < -0.3 is 4.57 Å². The van der Waals surface area contributed by atoms with Crippen molar-refractivity contribution in [2.45, 2.75) is 0 Å². The SMILES string of the molecule is c1cc2c3c(cccc3c1)-c1cc(-c3ccc(-n4c5ccccc5c5ccc6ccncc6c54)cc3)ccc1-2. The zero-order valence-electron chi connectivity index (χ0n) is 21.1. The van der Waals surface area contributed by atoms with Crippen molar-refractivity contribution < 1.29 is 0 Å². The van der Waals surface area contributed by atoms with E-state index in [1.54, 1.807) is 0 Å². The molecule has 0 saturated carbocycles. The number of pyridine rings is 1. The fourth-order valence-electron chi connectivity index (χ4n) is 6.66. The molecule has 0 atom stereocenters. The molecule has 2 heterocycles. The van der Waals surface area contributed by atoms with Crippen LogP contribution in [0.5, 0.6) is 0 Å². The summed E-state index contributed by atoms with van der Waals surface area (Å²) in [5, 5.41) is 7.56. The molecule has 39 heavy (non-hydrogen) atoms. The monoisotopic (exact) mass is 494 g/mol. The second-order valence-corrected chi connectivity index (χ2v) is 10.4. The number of fused-ring (bicyclic) bond motifs is 8. The molecule has 0 spiro atoms. The molecule has 9 rings (SSSR count). The second-order valence-electron chi connectivity index (χ2n) is 10.4. The molecule has 0 N–H and O–H groups in total. The summed E-state index contributed by atoms with van der Waals surface area (Å²) >= 11 is 0. The Morgan fingerprint density at radius 3 is 2.15 bits per heavy atom. The van der Waals surface area contributed by atoms with Gasteiger partial charge in [0.25, 0.3) is 0 Å². The second kappa shape index (κ2) is 7.66. The highest BCUT2D eigenvalue weighted by Crippen LogP contribution is 2.48. The quantitative estimate of drug-likeness (QED) is 0.234. The molecule has 0 bridgehead atoms. The summed E-state index contributed by atoms with van der Waals surface area (Å²) in [5.41, 5.74) is 11.4. The molecule has 0 amide bonds. The summed E-state index contributed by atoms with van der Waals surface area (Å²) in [6, 6.07) is 44.4. The van der Waals surface area contributed by atoms with Crippen LogP contribution in [0.4, 0.5) is 0 Å². The van der Waals surface area contributed by atoms with Crippen molar-refractivity contribution in [2.24, 2.45) is 0 Å². The maximum absolute atomic E-state index is 4.47. The van der Waals surface area contributed by atoms with E-state index in [0.717, 1.165) is 5.69 Å². The van der Waals surface area contributed by atoms with Crippen molar-refractivity contribution in [2.75, 3.05) is 0 Å². The zero-order valence-corrected chi connectivity index (χ0v) is 21.1. The lowest BCUT2D eigenvalue weighted by Crippen LogP contribution is -1.94. The van der Waals surface area contributed by atoms with E-state index < -0.39 is 0 Å². The van der Waals surface area contributed by atoms with Gasteiger partial charge in [0.1, 0.15) is 0 Å². The maximum atomic E-state index is 4.47. The Bertz CT molecular complexity index is 2260. The van der Waals surface area contributed by atoms with Gasteiger partial charge in [0.15, 0.2) is 0 Å². The predicted molar refractivity (Wildman–Crippen MR) is 163 cm³/mol. The molecule has 1 aliphatic rings.